The number of hydrogen-bond acceptors (Lipinski definition) is 0. The van der Waals surface area contributed by atoms with Gasteiger partial charge in [-0.1, -0.05) is 25.4 Å². The van der Waals surface area contributed by atoms with E-state index < -0.39 is 0 Å². The number of hydrogen-bond donors (Lipinski definition) is 0. The molecular formula is C9H10ClF. The minimum Gasteiger partial charge on any atom is -0.207 e. The maximum atomic E-state index is 12.7. The van der Waals surface area contributed by atoms with E-state index in [0.717, 1.165) is 5.56 Å². The fraction of sp³-hybridized carbons (Fsp3) is 0.333. The molecule has 0 aliphatic carbocycles. The molecule has 0 saturated carbocycles. The van der Waals surface area contributed by atoms with Crippen LogP contribution in [0.5, 0.6) is 0 Å². The van der Waals surface area contributed by atoms with Crippen molar-refractivity contribution in [1.29, 1.82) is 0 Å². The summed E-state index contributed by atoms with van der Waals surface area (Å²) in [7, 11) is 0. The van der Waals surface area contributed by atoms with Crippen LogP contribution in [0.1, 0.15) is 25.3 Å². The molecule has 0 fully saturated rings. The van der Waals surface area contributed by atoms with Crippen LogP contribution in [-0.4, -0.2) is 0 Å². The molecule has 1 aromatic carbocycles. The van der Waals surface area contributed by atoms with Crippen molar-refractivity contribution in [3.8, 4) is 0 Å². The van der Waals surface area contributed by atoms with Crippen molar-refractivity contribution in [2.24, 2.45) is 0 Å². The summed E-state index contributed by atoms with van der Waals surface area (Å²) in [5.74, 6) is 0.0596. The van der Waals surface area contributed by atoms with E-state index in [1.807, 2.05) is 13.8 Å². The van der Waals surface area contributed by atoms with Gasteiger partial charge in [-0.05, 0) is 29.7 Å². The highest BCUT2D eigenvalue weighted by atomic mass is 35.5. The van der Waals surface area contributed by atoms with E-state index in [9.17, 15) is 4.39 Å². The van der Waals surface area contributed by atoms with Crippen LogP contribution >= 0.6 is 11.6 Å². The zero-order valence-corrected chi connectivity index (χ0v) is 7.32. The lowest BCUT2D eigenvalue weighted by Gasteiger charge is -2.04. The second-order valence-corrected chi connectivity index (χ2v) is 3.29. The van der Waals surface area contributed by atoms with Gasteiger partial charge in [0.2, 0.25) is 0 Å². The van der Waals surface area contributed by atoms with E-state index in [2.05, 4.69) is 0 Å². The van der Waals surface area contributed by atoms with E-state index in [0.29, 0.717) is 10.9 Å². The van der Waals surface area contributed by atoms with Gasteiger partial charge in [0.1, 0.15) is 5.82 Å². The monoisotopic (exact) mass is 172 g/mol. The highest BCUT2D eigenvalue weighted by Gasteiger charge is 2.01. The molecule has 0 N–H and O–H groups in total. The smallest absolute Gasteiger partial charge is 0.124 e. The molecule has 0 aromatic heterocycles. The molecule has 0 bridgehead atoms. The Morgan fingerprint density at radius 1 is 1.27 bits per heavy atom. The molecule has 0 heterocycles. The molecule has 0 aliphatic heterocycles. The van der Waals surface area contributed by atoms with E-state index >= 15 is 0 Å². The Labute approximate surface area is 71.0 Å². The molecule has 2 heteroatoms. The fourth-order valence-corrected chi connectivity index (χ4v) is 1.14. The summed E-state index contributed by atoms with van der Waals surface area (Å²) >= 11 is 5.65. The number of rotatable bonds is 1. The van der Waals surface area contributed by atoms with E-state index in [1.54, 1.807) is 6.07 Å². The van der Waals surface area contributed by atoms with Crippen LogP contribution < -0.4 is 0 Å². The van der Waals surface area contributed by atoms with Gasteiger partial charge in [0.15, 0.2) is 0 Å². The maximum absolute atomic E-state index is 12.7. The molecule has 11 heavy (non-hydrogen) atoms. The van der Waals surface area contributed by atoms with Crippen LogP contribution in [0.3, 0.4) is 0 Å². The van der Waals surface area contributed by atoms with Crippen molar-refractivity contribution < 1.29 is 4.39 Å². The van der Waals surface area contributed by atoms with Crippen LogP contribution in [-0.2, 0) is 0 Å². The summed E-state index contributed by atoms with van der Waals surface area (Å²) in [6, 6.07) is 4.61. The second kappa shape index (κ2) is 3.22. The van der Waals surface area contributed by atoms with Crippen molar-refractivity contribution in [2.45, 2.75) is 19.8 Å². The molecule has 60 valence electrons. The summed E-state index contributed by atoms with van der Waals surface area (Å²) in [6.07, 6.45) is 0. The topological polar surface area (TPSA) is 0 Å². The van der Waals surface area contributed by atoms with Crippen molar-refractivity contribution in [3.05, 3.63) is 34.6 Å². The van der Waals surface area contributed by atoms with Crippen LogP contribution in [0.2, 0.25) is 5.02 Å². The van der Waals surface area contributed by atoms with Crippen LogP contribution in [0.4, 0.5) is 4.39 Å². The van der Waals surface area contributed by atoms with Crippen molar-refractivity contribution >= 4 is 11.6 Å². The molecule has 0 amide bonds. The first-order valence-electron chi connectivity index (χ1n) is 3.55. The quantitative estimate of drug-likeness (QED) is 0.607. The highest BCUT2D eigenvalue weighted by Crippen LogP contribution is 2.20. The Morgan fingerprint density at radius 3 is 2.36 bits per heavy atom. The molecule has 1 aromatic rings. The minimum absolute atomic E-state index is 0.263. The number of benzene rings is 1. The summed E-state index contributed by atoms with van der Waals surface area (Å²) < 4.78 is 12.7. The summed E-state index contributed by atoms with van der Waals surface area (Å²) in [6.45, 7) is 4.01. The van der Waals surface area contributed by atoms with Crippen molar-refractivity contribution in [3.63, 3.8) is 0 Å². The van der Waals surface area contributed by atoms with Crippen molar-refractivity contribution in [2.75, 3.05) is 0 Å². The molecule has 0 spiro atoms. The second-order valence-electron chi connectivity index (χ2n) is 2.86. The number of halogens is 2. The predicted molar refractivity (Wildman–Crippen MR) is 45.5 cm³/mol. The first kappa shape index (κ1) is 8.54. The Bertz CT molecular complexity index is 235. The zero-order chi connectivity index (χ0) is 8.43. The molecule has 0 unspecified atom stereocenters. The van der Waals surface area contributed by atoms with Gasteiger partial charge in [0.25, 0.3) is 0 Å². The standard InChI is InChI=1S/C9H10ClF/c1-6(2)7-3-8(10)5-9(11)4-7/h3-6H,1-2H3. The Hall–Kier alpha value is -0.560. The van der Waals surface area contributed by atoms with E-state index in [1.165, 1.54) is 12.1 Å². The molecule has 0 nitrogen and oxygen atoms in total. The lowest BCUT2D eigenvalue weighted by molar-refractivity contribution is 0.623. The van der Waals surface area contributed by atoms with Gasteiger partial charge in [-0.3, -0.25) is 0 Å². The molecule has 0 radical (unpaired) electrons. The predicted octanol–water partition coefficient (Wildman–Crippen LogP) is 3.60. The van der Waals surface area contributed by atoms with Gasteiger partial charge in [0.05, 0.1) is 0 Å². The van der Waals surface area contributed by atoms with Crippen LogP contribution in [0.15, 0.2) is 18.2 Å². The zero-order valence-electron chi connectivity index (χ0n) is 6.57. The summed E-state index contributed by atoms with van der Waals surface area (Å²) in [4.78, 5) is 0. The largest absolute Gasteiger partial charge is 0.207 e. The normalized spacial score (nSPS) is 10.6. The third kappa shape index (κ3) is 2.19. The van der Waals surface area contributed by atoms with Gasteiger partial charge in [-0.15, -0.1) is 0 Å². The van der Waals surface area contributed by atoms with Crippen molar-refractivity contribution in [1.82, 2.24) is 0 Å². The molecule has 0 saturated heterocycles. The van der Waals surface area contributed by atoms with Gasteiger partial charge in [-0.25, -0.2) is 4.39 Å². The Kier molecular flexibility index (Phi) is 2.50. The van der Waals surface area contributed by atoms with E-state index in [4.69, 9.17) is 11.6 Å². The van der Waals surface area contributed by atoms with Crippen LogP contribution in [0.25, 0.3) is 0 Å². The maximum Gasteiger partial charge on any atom is 0.124 e. The first-order chi connectivity index (χ1) is 5.09. The highest BCUT2D eigenvalue weighted by molar-refractivity contribution is 6.30. The van der Waals surface area contributed by atoms with Gasteiger partial charge in [0, 0.05) is 5.02 Å². The lowest BCUT2D eigenvalue weighted by Crippen LogP contribution is -1.88. The third-order valence-corrected chi connectivity index (χ3v) is 1.77. The van der Waals surface area contributed by atoms with Gasteiger partial charge < -0.3 is 0 Å². The molecule has 0 atom stereocenters. The SMILES string of the molecule is CC(C)c1cc(F)cc(Cl)c1. The lowest BCUT2D eigenvalue weighted by atomic mass is 10.0. The van der Waals surface area contributed by atoms with Crippen LogP contribution in [0, 0.1) is 5.82 Å². The fourth-order valence-electron chi connectivity index (χ4n) is 0.908. The van der Waals surface area contributed by atoms with Gasteiger partial charge >= 0.3 is 0 Å². The third-order valence-electron chi connectivity index (χ3n) is 1.55. The average molecular weight is 173 g/mol. The Morgan fingerprint density at radius 2 is 1.91 bits per heavy atom. The minimum atomic E-state index is -0.263. The summed E-state index contributed by atoms with van der Waals surface area (Å²) in [5.41, 5.74) is 0.940. The van der Waals surface area contributed by atoms with Gasteiger partial charge in [-0.2, -0.15) is 0 Å². The van der Waals surface area contributed by atoms with E-state index in [-0.39, 0.29) is 5.82 Å². The summed E-state index contributed by atoms with van der Waals surface area (Å²) in [5, 5.41) is 0.466. The Balaban J connectivity index is 3.08. The molecule has 0 aliphatic rings. The molecule has 1 rings (SSSR count). The molecular weight excluding hydrogens is 163 g/mol. The first-order valence-corrected chi connectivity index (χ1v) is 3.93. The average Bonchev–Trinajstić information content (AvgIpc) is 1.85.